The Morgan fingerprint density at radius 1 is 1.12 bits per heavy atom. The molecule has 2 aliphatic rings. The molecule has 1 aliphatic carbocycles. The van der Waals surface area contributed by atoms with Crippen LogP contribution in [0.1, 0.15) is 50.5 Å². The van der Waals surface area contributed by atoms with Crippen LogP contribution >= 0.6 is 0 Å². The number of piperidine rings is 1. The van der Waals surface area contributed by atoms with E-state index in [1.54, 1.807) is 0 Å². The summed E-state index contributed by atoms with van der Waals surface area (Å²) in [5.74, 6) is 0.453. The van der Waals surface area contributed by atoms with Crippen LogP contribution in [0.5, 0.6) is 0 Å². The molecule has 6 heteroatoms. The van der Waals surface area contributed by atoms with Gasteiger partial charge in [0.2, 0.25) is 0 Å². The van der Waals surface area contributed by atoms with Crippen molar-refractivity contribution < 1.29 is 15.0 Å². The number of carboxylic acid groups (broad SMARTS) is 1. The first-order valence-electron chi connectivity index (χ1n) is 9.50. The maximum absolute atomic E-state index is 10.9. The monoisotopic (exact) mass is 359 g/mol. The van der Waals surface area contributed by atoms with E-state index in [0.29, 0.717) is 24.7 Å². The lowest BCUT2D eigenvalue weighted by Gasteiger charge is -2.42. The number of nitrogens with two attached hydrogens (primary N) is 1. The van der Waals surface area contributed by atoms with Crippen LogP contribution < -0.4 is 10.6 Å². The lowest BCUT2D eigenvalue weighted by molar-refractivity contribution is -0.144. The molecule has 1 heterocycles. The first-order chi connectivity index (χ1) is 12.4. The number of nitrogens with one attached hydrogen (secondary N) is 1. The van der Waals surface area contributed by atoms with Crippen molar-refractivity contribution in [3.05, 3.63) is 29.8 Å². The number of amidine groups is 1. The molecular formula is C20H29N3O3. The largest absolute Gasteiger partial charge is 0.481 e. The Morgan fingerprint density at radius 3 is 2.15 bits per heavy atom. The summed E-state index contributed by atoms with van der Waals surface area (Å²) >= 11 is 0. The van der Waals surface area contributed by atoms with Crippen molar-refractivity contribution >= 4 is 17.5 Å². The van der Waals surface area contributed by atoms with Crippen molar-refractivity contribution in [1.82, 2.24) is 0 Å². The molecule has 0 spiro atoms. The highest BCUT2D eigenvalue weighted by Crippen LogP contribution is 2.41. The minimum atomic E-state index is -0.999. The van der Waals surface area contributed by atoms with Gasteiger partial charge in [-0.1, -0.05) is 0 Å². The zero-order valence-electron chi connectivity index (χ0n) is 15.2. The number of rotatable bonds is 5. The molecule has 0 amide bonds. The Kier molecular flexibility index (Phi) is 5.51. The Bertz CT molecular complexity index is 643. The van der Waals surface area contributed by atoms with Gasteiger partial charge in [0.15, 0.2) is 0 Å². The number of carbonyl (C=O) groups is 1. The molecule has 5 N–H and O–H groups in total. The molecule has 6 nitrogen and oxygen atoms in total. The van der Waals surface area contributed by atoms with Crippen LogP contribution in [0.15, 0.2) is 24.3 Å². The van der Waals surface area contributed by atoms with Crippen LogP contribution in [-0.2, 0) is 4.79 Å². The second kappa shape index (κ2) is 7.66. The van der Waals surface area contributed by atoms with Crippen molar-refractivity contribution in [3.8, 4) is 0 Å². The van der Waals surface area contributed by atoms with E-state index in [1.165, 1.54) is 5.69 Å². The van der Waals surface area contributed by atoms with Crippen LogP contribution in [0.25, 0.3) is 0 Å². The Morgan fingerprint density at radius 2 is 1.65 bits per heavy atom. The van der Waals surface area contributed by atoms with E-state index in [2.05, 4.69) is 4.90 Å². The van der Waals surface area contributed by atoms with E-state index in [9.17, 15) is 9.90 Å². The van der Waals surface area contributed by atoms with Crippen molar-refractivity contribution in [2.75, 3.05) is 18.0 Å². The van der Waals surface area contributed by atoms with Gasteiger partial charge in [0.1, 0.15) is 5.84 Å². The number of carboxylic acids is 1. The van der Waals surface area contributed by atoms with Crippen LogP contribution in [0.4, 0.5) is 5.69 Å². The van der Waals surface area contributed by atoms with Gasteiger partial charge in [-0.05, 0) is 74.6 Å². The Balaban J connectivity index is 1.50. The molecule has 1 aromatic carbocycles. The lowest BCUT2D eigenvalue weighted by Crippen LogP contribution is -2.41. The molecule has 26 heavy (non-hydrogen) atoms. The lowest BCUT2D eigenvalue weighted by atomic mass is 9.70. The van der Waals surface area contributed by atoms with Gasteiger partial charge in [0.25, 0.3) is 0 Å². The minimum absolute atomic E-state index is 0.0930. The third kappa shape index (κ3) is 4.36. The average molecular weight is 359 g/mol. The van der Waals surface area contributed by atoms with Gasteiger partial charge >= 0.3 is 5.97 Å². The number of benzene rings is 1. The highest BCUT2D eigenvalue weighted by molar-refractivity contribution is 5.95. The normalized spacial score (nSPS) is 27.3. The Hall–Kier alpha value is -2.08. The maximum atomic E-state index is 10.9. The van der Waals surface area contributed by atoms with E-state index in [1.807, 2.05) is 24.3 Å². The molecule has 142 valence electrons. The van der Waals surface area contributed by atoms with Gasteiger partial charge in [-0.25, -0.2) is 0 Å². The van der Waals surface area contributed by atoms with Crippen molar-refractivity contribution in [2.45, 2.75) is 50.5 Å². The number of aliphatic carboxylic acids is 1. The van der Waals surface area contributed by atoms with Gasteiger partial charge in [-0.15, -0.1) is 0 Å². The first kappa shape index (κ1) is 18.7. The molecule has 0 atom stereocenters. The predicted molar refractivity (Wildman–Crippen MR) is 102 cm³/mol. The van der Waals surface area contributed by atoms with E-state index in [-0.39, 0.29) is 12.3 Å². The van der Waals surface area contributed by atoms with E-state index in [0.717, 1.165) is 44.3 Å². The zero-order chi connectivity index (χ0) is 18.7. The smallest absolute Gasteiger partial charge is 0.306 e. The minimum Gasteiger partial charge on any atom is -0.481 e. The van der Waals surface area contributed by atoms with Crippen LogP contribution in [0.2, 0.25) is 0 Å². The summed E-state index contributed by atoms with van der Waals surface area (Å²) < 4.78 is 0. The number of aliphatic hydroxyl groups is 1. The van der Waals surface area contributed by atoms with Crippen LogP contribution in [-0.4, -0.2) is 40.7 Å². The molecule has 1 saturated carbocycles. The van der Waals surface area contributed by atoms with Gasteiger partial charge in [0, 0.05) is 24.3 Å². The summed E-state index contributed by atoms with van der Waals surface area (Å²) in [6, 6.07) is 7.86. The molecule has 0 unspecified atom stereocenters. The van der Waals surface area contributed by atoms with E-state index >= 15 is 0 Å². The van der Waals surface area contributed by atoms with E-state index < -0.39 is 11.6 Å². The molecule has 3 rings (SSSR count). The fourth-order valence-corrected chi connectivity index (χ4v) is 4.59. The number of hydrogen-bond donors (Lipinski definition) is 4. The number of anilines is 1. The average Bonchev–Trinajstić information content (AvgIpc) is 2.62. The second-order valence-electron chi connectivity index (χ2n) is 7.92. The fraction of sp³-hybridized carbons (Fsp3) is 0.600. The quantitative estimate of drug-likeness (QED) is 0.477. The number of nitrogens with zero attached hydrogens (tertiary/aromatic N) is 1. The molecule has 1 saturated heterocycles. The molecule has 0 bridgehead atoms. The van der Waals surface area contributed by atoms with Crippen molar-refractivity contribution in [1.29, 1.82) is 5.41 Å². The van der Waals surface area contributed by atoms with Crippen LogP contribution in [0.3, 0.4) is 0 Å². The van der Waals surface area contributed by atoms with E-state index in [4.69, 9.17) is 16.2 Å². The SMILES string of the molecule is N=C(N)c1ccc(N2CCC(C3CCC(O)(CC(=O)O)CC3)CC2)cc1. The Labute approximate surface area is 154 Å². The topological polar surface area (TPSA) is 111 Å². The highest BCUT2D eigenvalue weighted by Gasteiger charge is 2.38. The van der Waals surface area contributed by atoms with Gasteiger partial charge in [-0.3, -0.25) is 10.2 Å². The highest BCUT2D eigenvalue weighted by atomic mass is 16.4. The summed E-state index contributed by atoms with van der Waals surface area (Å²) in [6.45, 7) is 2.03. The van der Waals surface area contributed by atoms with Crippen molar-refractivity contribution in [3.63, 3.8) is 0 Å². The van der Waals surface area contributed by atoms with Gasteiger partial charge in [-0.2, -0.15) is 0 Å². The molecule has 1 aliphatic heterocycles. The standard InChI is InChI=1S/C20H29N3O3/c21-19(22)16-1-3-17(4-2-16)23-11-7-15(8-12-23)14-5-9-20(26,10-6-14)13-18(24)25/h1-4,14-15,26H,5-13H2,(H3,21,22)(H,24,25). The van der Waals surface area contributed by atoms with Gasteiger partial charge < -0.3 is 20.8 Å². The third-order valence-corrected chi connectivity index (χ3v) is 6.19. The maximum Gasteiger partial charge on any atom is 0.306 e. The summed E-state index contributed by atoms with van der Waals surface area (Å²) in [7, 11) is 0. The molecule has 0 aromatic heterocycles. The van der Waals surface area contributed by atoms with Crippen LogP contribution in [0, 0.1) is 17.2 Å². The third-order valence-electron chi connectivity index (χ3n) is 6.19. The molecule has 2 fully saturated rings. The summed E-state index contributed by atoms with van der Waals surface area (Å²) in [5, 5.41) is 26.8. The summed E-state index contributed by atoms with van der Waals surface area (Å²) in [6.07, 6.45) is 5.22. The second-order valence-corrected chi connectivity index (χ2v) is 7.92. The fourth-order valence-electron chi connectivity index (χ4n) is 4.59. The summed E-state index contributed by atoms with van der Waals surface area (Å²) in [4.78, 5) is 13.3. The van der Waals surface area contributed by atoms with Crippen molar-refractivity contribution in [2.24, 2.45) is 17.6 Å². The molecule has 1 aromatic rings. The van der Waals surface area contributed by atoms with Gasteiger partial charge in [0.05, 0.1) is 12.0 Å². The first-order valence-corrected chi connectivity index (χ1v) is 9.50. The number of hydrogen-bond acceptors (Lipinski definition) is 4. The summed E-state index contributed by atoms with van der Waals surface area (Å²) in [5.41, 5.74) is 6.43. The number of nitrogen functional groups attached to an aromatic ring is 1. The molecular weight excluding hydrogens is 330 g/mol. The zero-order valence-corrected chi connectivity index (χ0v) is 15.2. The molecule has 0 radical (unpaired) electrons. The predicted octanol–water partition coefficient (Wildman–Crippen LogP) is 2.58.